The number of hydrogen-bond acceptors (Lipinski definition) is 4. The molecule has 202 valence electrons. The van der Waals surface area contributed by atoms with Gasteiger partial charge in [-0.05, 0) is 43.0 Å². The van der Waals surface area contributed by atoms with E-state index in [1.54, 1.807) is 18.2 Å². The fourth-order valence-corrected chi connectivity index (χ4v) is 4.85. The Kier molecular flexibility index (Phi) is 15.1. The Morgan fingerprint density at radius 1 is 0.972 bits per heavy atom. The third-order valence-corrected chi connectivity index (χ3v) is 7.06. The van der Waals surface area contributed by atoms with Crippen LogP contribution in [0.15, 0.2) is 30.3 Å². The predicted molar refractivity (Wildman–Crippen MR) is 144 cm³/mol. The van der Waals surface area contributed by atoms with Gasteiger partial charge in [-0.3, -0.25) is 4.79 Å². The first-order chi connectivity index (χ1) is 17.5. The molecule has 1 aromatic carbocycles. The van der Waals surface area contributed by atoms with Gasteiger partial charge in [-0.25, -0.2) is 9.18 Å². The van der Waals surface area contributed by atoms with Crippen LogP contribution in [0, 0.1) is 11.7 Å². The van der Waals surface area contributed by atoms with Crippen LogP contribution in [0.1, 0.15) is 122 Å². The number of halogens is 1. The van der Waals surface area contributed by atoms with Gasteiger partial charge in [0.15, 0.2) is 0 Å². The molecule has 0 spiro atoms. The van der Waals surface area contributed by atoms with Crippen LogP contribution in [-0.2, 0) is 19.1 Å². The lowest BCUT2D eigenvalue weighted by molar-refractivity contribution is -0.189. The van der Waals surface area contributed by atoms with Crippen molar-refractivity contribution in [3.8, 4) is 0 Å². The Morgan fingerprint density at radius 2 is 1.61 bits per heavy atom. The summed E-state index contributed by atoms with van der Waals surface area (Å²) in [6.45, 7) is 4.41. The van der Waals surface area contributed by atoms with E-state index in [0.717, 1.165) is 38.5 Å². The van der Waals surface area contributed by atoms with Gasteiger partial charge in [-0.1, -0.05) is 103 Å². The molecule has 5 heteroatoms. The first-order valence-electron chi connectivity index (χ1n) is 14.4. The van der Waals surface area contributed by atoms with Crippen LogP contribution in [0.25, 0.3) is 6.08 Å². The minimum absolute atomic E-state index is 0.0750. The Balaban J connectivity index is 1.83. The van der Waals surface area contributed by atoms with Crippen LogP contribution in [0.5, 0.6) is 0 Å². The van der Waals surface area contributed by atoms with E-state index < -0.39 is 5.97 Å². The second-order valence-electron chi connectivity index (χ2n) is 10.2. The molecule has 4 nitrogen and oxygen atoms in total. The number of benzene rings is 1. The SMILES string of the molecule is CCCCCCCCCCC[C@@H](C[C@@H]1OC(=O)[C@H]1CCCCCC)OC(=O)/C=C/c1cccc(F)c1. The minimum Gasteiger partial charge on any atom is -0.461 e. The van der Waals surface area contributed by atoms with Gasteiger partial charge in [-0.15, -0.1) is 0 Å². The number of hydrogen-bond donors (Lipinski definition) is 0. The molecule has 1 aromatic rings. The van der Waals surface area contributed by atoms with Crippen molar-refractivity contribution >= 4 is 18.0 Å². The van der Waals surface area contributed by atoms with Gasteiger partial charge in [0.25, 0.3) is 0 Å². The van der Waals surface area contributed by atoms with Crippen molar-refractivity contribution < 1.29 is 23.5 Å². The van der Waals surface area contributed by atoms with Gasteiger partial charge in [0, 0.05) is 12.5 Å². The van der Waals surface area contributed by atoms with Gasteiger partial charge in [-0.2, -0.15) is 0 Å². The summed E-state index contributed by atoms with van der Waals surface area (Å²) in [5.74, 6) is -0.972. The van der Waals surface area contributed by atoms with Crippen molar-refractivity contribution in [1.29, 1.82) is 0 Å². The number of esters is 2. The van der Waals surface area contributed by atoms with Gasteiger partial charge < -0.3 is 9.47 Å². The molecule has 1 fully saturated rings. The van der Waals surface area contributed by atoms with Crippen LogP contribution >= 0.6 is 0 Å². The molecule has 1 aliphatic rings. The van der Waals surface area contributed by atoms with Crippen LogP contribution in [-0.4, -0.2) is 24.1 Å². The monoisotopic (exact) mass is 502 g/mol. The zero-order valence-electron chi connectivity index (χ0n) is 22.5. The summed E-state index contributed by atoms with van der Waals surface area (Å²) in [6.07, 6.45) is 20.3. The molecule has 1 heterocycles. The standard InChI is InChI=1S/C31H47FO4/c1-3-5-7-9-10-11-12-13-14-19-27(24-29-28(31(34)36-29)20-15-8-6-4-2)35-30(33)22-21-25-17-16-18-26(32)23-25/h16-18,21-23,27-29H,3-15,19-20,24H2,1-2H3/b22-21+/t27-,28-,29-/m0/s1. The number of rotatable bonds is 20. The third-order valence-electron chi connectivity index (χ3n) is 7.06. The van der Waals surface area contributed by atoms with Gasteiger partial charge in [0.2, 0.25) is 0 Å². The number of carbonyl (C=O) groups is 2. The van der Waals surface area contributed by atoms with Crippen LogP contribution < -0.4 is 0 Å². The average molecular weight is 503 g/mol. The van der Waals surface area contributed by atoms with Crippen molar-refractivity contribution in [3.63, 3.8) is 0 Å². The lowest BCUT2D eigenvalue weighted by atomic mass is 9.86. The summed E-state index contributed by atoms with van der Waals surface area (Å²) >= 11 is 0. The molecule has 1 aliphatic heterocycles. The number of unbranched alkanes of at least 4 members (excludes halogenated alkanes) is 11. The molecule has 0 N–H and O–H groups in total. The molecule has 0 radical (unpaired) electrons. The molecular weight excluding hydrogens is 455 g/mol. The molecule has 0 aliphatic carbocycles. The highest BCUT2D eigenvalue weighted by Gasteiger charge is 2.43. The van der Waals surface area contributed by atoms with Crippen molar-refractivity contribution in [3.05, 3.63) is 41.7 Å². The van der Waals surface area contributed by atoms with Crippen molar-refractivity contribution in [1.82, 2.24) is 0 Å². The summed E-state index contributed by atoms with van der Waals surface area (Å²) in [4.78, 5) is 24.6. The van der Waals surface area contributed by atoms with Crippen molar-refractivity contribution in [2.24, 2.45) is 5.92 Å². The van der Waals surface area contributed by atoms with E-state index in [2.05, 4.69) is 13.8 Å². The van der Waals surface area contributed by atoms with E-state index in [4.69, 9.17) is 9.47 Å². The first kappa shape index (κ1) is 30.1. The largest absolute Gasteiger partial charge is 0.461 e. The van der Waals surface area contributed by atoms with Crippen molar-refractivity contribution in [2.45, 2.75) is 129 Å². The predicted octanol–water partition coefficient (Wildman–Crippen LogP) is 8.57. The van der Waals surface area contributed by atoms with Crippen LogP contribution in [0.2, 0.25) is 0 Å². The lowest BCUT2D eigenvalue weighted by Gasteiger charge is -2.37. The molecule has 3 atom stereocenters. The van der Waals surface area contributed by atoms with Crippen LogP contribution in [0.4, 0.5) is 4.39 Å². The fourth-order valence-electron chi connectivity index (χ4n) is 4.85. The summed E-state index contributed by atoms with van der Waals surface area (Å²) in [7, 11) is 0. The van der Waals surface area contributed by atoms with Gasteiger partial charge >= 0.3 is 11.9 Å². The third kappa shape index (κ3) is 12.2. The molecule has 0 aromatic heterocycles. The van der Waals surface area contributed by atoms with Gasteiger partial charge in [0.05, 0.1) is 5.92 Å². The zero-order valence-corrected chi connectivity index (χ0v) is 22.5. The molecule has 2 rings (SSSR count). The average Bonchev–Trinajstić information content (AvgIpc) is 2.86. The molecular formula is C31H47FO4. The zero-order chi connectivity index (χ0) is 26.0. The van der Waals surface area contributed by atoms with Crippen molar-refractivity contribution in [2.75, 3.05) is 0 Å². The second kappa shape index (κ2) is 18.1. The Morgan fingerprint density at radius 3 is 2.25 bits per heavy atom. The number of ether oxygens (including phenoxy) is 2. The molecule has 0 amide bonds. The van der Waals surface area contributed by atoms with E-state index in [9.17, 15) is 14.0 Å². The summed E-state index contributed by atoms with van der Waals surface area (Å²) < 4.78 is 24.7. The lowest BCUT2D eigenvalue weighted by Crippen LogP contribution is -2.47. The maximum Gasteiger partial charge on any atom is 0.331 e. The topological polar surface area (TPSA) is 52.6 Å². The van der Waals surface area contributed by atoms with E-state index >= 15 is 0 Å². The van der Waals surface area contributed by atoms with E-state index in [-0.39, 0.29) is 29.9 Å². The van der Waals surface area contributed by atoms with Crippen LogP contribution in [0.3, 0.4) is 0 Å². The Labute approximate surface area is 218 Å². The molecule has 0 bridgehead atoms. The second-order valence-corrected chi connectivity index (χ2v) is 10.2. The van der Waals surface area contributed by atoms with E-state index in [1.165, 1.54) is 76.0 Å². The van der Waals surface area contributed by atoms with Gasteiger partial charge in [0.1, 0.15) is 18.0 Å². The summed E-state index contributed by atoms with van der Waals surface area (Å²) in [6, 6.07) is 6.10. The van der Waals surface area contributed by atoms with E-state index in [0.29, 0.717) is 12.0 Å². The normalized spacial score (nSPS) is 18.1. The Hall–Kier alpha value is -2.17. The quantitative estimate of drug-likeness (QED) is 0.102. The highest BCUT2D eigenvalue weighted by molar-refractivity contribution is 5.87. The summed E-state index contributed by atoms with van der Waals surface area (Å²) in [5.41, 5.74) is 0.613. The maximum absolute atomic E-state index is 13.4. The highest BCUT2D eigenvalue weighted by atomic mass is 19.1. The first-order valence-corrected chi connectivity index (χ1v) is 14.4. The number of cyclic esters (lactones) is 1. The molecule has 0 unspecified atom stereocenters. The summed E-state index contributed by atoms with van der Waals surface area (Å²) in [5, 5.41) is 0. The molecule has 1 saturated heterocycles. The maximum atomic E-state index is 13.4. The fraction of sp³-hybridized carbons (Fsp3) is 0.677. The molecule has 0 saturated carbocycles. The number of carbonyl (C=O) groups excluding carboxylic acids is 2. The Bertz CT molecular complexity index is 791. The minimum atomic E-state index is -0.440. The molecule has 36 heavy (non-hydrogen) atoms. The highest BCUT2D eigenvalue weighted by Crippen LogP contribution is 2.32. The smallest absolute Gasteiger partial charge is 0.331 e. The van der Waals surface area contributed by atoms with E-state index in [1.807, 2.05) is 0 Å².